The third-order valence-electron chi connectivity index (χ3n) is 4.55. The maximum atomic E-state index is 5.99. The van der Waals surface area contributed by atoms with Crippen molar-refractivity contribution in [1.82, 2.24) is 15.5 Å². The van der Waals surface area contributed by atoms with Crippen LogP contribution in [0.4, 0.5) is 0 Å². The lowest BCUT2D eigenvalue weighted by Crippen LogP contribution is -2.34. The summed E-state index contributed by atoms with van der Waals surface area (Å²) in [5.41, 5.74) is -0.330. The molecule has 1 saturated heterocycles. The first-order valence-corrected chi connectivity index (χ1v) is 8.08. The Balaban J connectivity index is 1.79. The topological polar surface area (TPSA) is 69.4 Å². The molecule has 2 unspecified atom stereocenters. The normalized spacial score (nSPS) is 28.3. The maximum absolute atomic E-state index is 5.99. The van der Waals surface area contributed by atoms with Crippen molar-refractivity contribution in [3.8, 4) is 0 Å². The number of ether oxygens (including phenoxy) is 2. The van der Waals surface area contributed by atoms with Crippen molar-refractivity contribution >= 4 is 0 Å². The SMILES string of the molecule is CCNC1COCC1c1nc(C2(OCC)CCCC2)no1. The first kappa shape index (κ1) is 14.9. The van der Waals surface area contributed by atoms with Crippen LogP contribution in [0.25, 0.3) is 0 Å². The van der Waals surface area contributed by atoms with Crippen LogP contribution in [0.1, 0.15) is 57.2 Å². The molecule has 6 nitrogen and oxygen atoms in total. The lowest BCUT2D eigenvalue weighted by Gasteiger charge is -2.24. The molecule has 6 heteroatoms. The average molecular weight is 295 g/mol. The van der Waals surface area contributed by atoms with Crippen LogP contribution in [0.2, 0.25) is 0 Å². The predicted molar refractivity (Wildman–Crippen MR) is 77.1 cm³/mol. The van der Waals surface area contributed by atoms with Gasteiger partial charge in [0.15, 0.2) is 0 Å². The Hall–Kier alpha value is -0.980. The van der Waals surface area contributed by atoms with E-state index < -0.39 is 0 Å². The van der Waals surface area contributed by atoms with Crippen molar-refractivity contribution in [3.05, 3.63) is 11.7 Å². The van der Waals surface area contributed by atoms with Gasteiger partial charge in [0.05, 0.1) is 19.1 Å². The molecule has 0 spiro atoms. The maximum Gasteiger partial charge on any atom is 0.233 e. The minimum atomic E-state index is -0.330. The highest BCUT2D eigenvalue weighted by Crippen LogP contribution is 2.41. The molecule has 118 valence electrons. The van der Waals surface area contributed by atoms with E-state index in [0.717, 1.165) is 38.1 Å². The predicted octanol–water partition coefficient (Wildman–Crippen LogP) is 1.97. The van der Waals surface area contributed by atoms with Crippen LogP contribution >= 0.6 is 0 Å². The number of nitrogens with zero attached hydrogens (tertiary/aromatic N) is 2. The van der Waals surface area contributed by atoms with E-state index in [1.807, 2.05) is 6.92 Å². The lowest BCUT2D eigenvalue weighted by atomic mass is 10.0. The summed E-state index contributed by atoms with van der Waals surface area (Å²) in [6.07, 6.45) is 4.29. The molecular weight excluding hydrogens is 270 g/mol. The van der Waals surface area contributed by atoms with Crippen molar-refractivity contribution in [2.75, 3.05) is 26.4 Å². The van der Waals surface area contributed by atoms with Crippen molar-refractivity contribution < 1.29 is 14.0 Å². The van der Waals surface area contributed by atoms with E-state index in [0.29, 0.717) is 25.7 Å². The third-order valence-corrected chi connectivity index (χ3v) is 4.55. The fraction of sp³-hybridized carbons (Fsp3) is 0.867. The van der Waals surface area contributed by atoms with Crippen molar-refractivity contribution in [2.45, 2.75) is 57.1 Å². The summed E-state index contributed by atoms with van der Waals surface area (Å²) in [7, 11) is 0. The molecule has 2 atom stereocenters. The van der Waals surface area contributed by atoms with E-state index in [2.05, 4.69) is 22.4 Å². The van der Waals surface area contributed by atoms with E-state index in [4.69, 9.17) is 14.0 Å². The molecule has 0 radical (unpaired) electrons. The van der Waals surface area contributed by atoms with Crippen LogP contribution in [0.5, 0.6) is 0 Å². The highest BCUT2D eigenvalue weighted by atomic mass is 16.5. The Morgan fingerprint density at radius 2 is 2.10 bits per heavy atom. The smallest absolute Gasteiger partial charge is 0.233 e. The second-order valence-corrected chi connectivity index (χ2v) is 5.90. The van der Waals surface area contributed by atoms with Gasteiger partial charge in [0.25, 0.3) is 0 Å². The van der Waals surface area contributed by atoms with Crippen LogP contribution in [0, 0.1) is 0 Å². The van der Waals surface area contributed by atoms with Crippen LogP contribution in [-0.4, -0.2) is 42.5 Å². The molecule has 2 fully saturated rings. The Kier molecular flexibility index (Phi) is 4.57. The van der Waals surface area contributed by atoms with Crippen molar-refractivity contribution in [1.29, 1.82) is 0 Å². The molecule has 1 aromatic rings. The zero-order valence-corrected chi connectivity index (χ0v) is 12.9. The number of likely N-dealkylation sites (N-methyl/N-ethyl adjacent to an activating group) is 1. The minimum Gasteiger partial charge on any atom is -0.379 e. The molecule has 1 saturated carbocycles. The number of rotatable bonds is 6. The number of nitrogens with one attached hydrogen (secondary N) is 1. The van der Waals surface area contributed by atoms with Crippen LogP contribution < -0.4 is 5.32 Å². The molecule has 3 rings (SSSR count). The van der Waals surface area contributed by atoms with Crippen LogP contribution in [0.3, 0.4) is 0 Å². The molecule has 1 aromatic heterocycles. The zero-order valence-electron chi connectivity index (χ0n) is 12.9. The van der Waals surface area contributed by atoms with Crippen molar-refractivity contribution in [3.63, 3.8) is 0 Å². The van der Waals surface area contributed by atoms with Gasteiger partial charge in [0.2, 0.25) is 11.7 Å². The van der Waals surface area contributed by atoms with Gasteiger partial charge >= 0.3 is 0 Å². The molecule has 0 amide bonds. The van der Waals surface area contributed by atoms with Gasteiger partial charge in [-0.2, -0.15) is 4.98 Å². The molecule has 0 bridgehead atoms. The summed E-state index contributed by atoms with van der Waals surface area (Å²) >= 11 is 0. The summed E-state index contributed by atoms with van der Waals surface area (Å²) in [5.74, 6) is 1.55. The van der Waals surface area contributed by atoms with E-state index in [-0.39, 0.29) is 17.6 Å². The quantitative estimate of drug-likeness (QED) is 0.865. The highest BCUT2D eigenvalue weighted by molar-refractivity contribution is 5.09. The van der Waals surface area contributed by atoms with Gasteiger partial charge in [0, 0.05) is 12.6 Å². The molecule has 2 heterocycles. The number of hydrogen-bond acceptors (Lipinski definition) is 6. The van der Waals surface area contributed by atoms with Crippen LogP contribution in [0.15, 0.2) is 4.52 Å². The monoisotopic (exact) mass is 295 g/mol. The van der Waals surface area contributed by atoms with Crippen molar-refractivity contribution in [2.24, 2.45) is 0 Å². The van der Waals surface area contributed by atoms with E-state index in [1.54, 1.807) is 0 Å². The average Bonchev–Trinajstić information content (AvgIpc) is 3.18. The molecule has 21 heavy (non-hydrogen) atoms. The molecular formula is C15H25N3O3. The van der Waals surface area contributed by atoms with Gasteiger partial charge < -0.3 is 19.3 Å². The Morgan fingerprint density at radius 1 is 1.29 bits per heavy atom. The summed E-state index contributed by atoms with van der Waals surface area (Å²) < 4.78 is 17.1. The zero-order chi connectivity index (χ0) is 14.7. The Morgan fingerprint density at radius 3 is 2.81 bits per heavy atom. The largest absolute Gasteiger partial charge is 0.379 e. The highest BCUT2D eigenvalue weighted by Gasteiger charge is 2.42. The summed E-state index contributed by atoms with van der Waals surface area (Å²) in [6.45, 7) is 7.04. The van der Waals surface area contributed by atoms with Gasteiger partial charge in [0.1, 0.15) is 5.60 Å². The van der Waals surface area contributed by atoms with E-state index in [1.165, 1.54) is 0 Å². The van der Waals surface area contributed by atoms with Crippen LogP contribution in [-0.2, 0) is 15.1 Å². The number of hydrogen-bond donors (Lipinski definition) is 1. The van der Waals surface area contributed by atoms with E-state index in [9.17, 15) is 0 Å². The summed E-state index contributed by atoms with van der Waals surface area (Å²) in [4.78, 5) is 4.67. The second-order valence-electron chi connectivity index (χ2n) is 5.90. The molecule has 2 aliphatic rings. The Labute approximate surface area is 125 Å². The van der Waals surface area contributed by atoms with Gasteiger partial charge in [-0.3, -0.25) is 0 Å². The first-order chi connectivity index (χ1) is 10.3. The lowest BCUT2D eigenvalue weighted by molar-refractivity contribution is -0.0469. The first-order valence-electron chi connectivity index (χ1n) is 8.08. The summed E-state index contributed by atoms with van der Waals surface area (Å²) in [6, 6.07) is 0.259. The fourth-order valence-electron chi connectivity index (χ4n) is 3.49. The minimum absolute atomic E-state index is 0.145. The third kappa shape index (κ3) is 2.84. The van der Waals surface area contributed by atoms with Gasteiger partial charge in [-0.25, -0.2) is 0 Å². The molecule has 1 aliphatic carbocycles. The molecule has 0 aromatic carbocycles. The molecule has 1 aliphatic heterocycles. The van der Waals surface area contributed by atoms with Gasteiger partial charge in [-0.1, -0.05) is 12.1 Å². The number of aromatic nitrogens is 2. The van der Waals surface area contributed by atoms with E-state index >= 15 is 0 Å². The Bertz CT molecular complexity index is 457. The summed E-state index contributed by atoms with van der Waals surface area (Å²) in [5, 5.41) is 7.66. The second kappa shape index (κ2) is 6.42. The fourth-order valence-corrected chi connectivity index (χ4v) is 3.49. The standard InChI is InChI=1S/C15H25N3O3/c1-3-16-12-10-19-9-11(12)13-17-14(18-21-13)15(20-4-2)7-5-6-8-15/h11-12,16H,3-10H2,1-2H3. The van der Waals surface area contributed by atoms with Gasteiger partial charge in [-0.05, 0) is 39.2 Å². The molecule has 1 N–H and O–H groups in total. The van der Waals surface area contributed by atoms with Gasteiger partial charge in [-0.15, -0.1) is 0 Å².